The molecule has 0 bridgehead atoms. The Labute approximate surface area is 214 Å². The van der Waals surface area contributed by atoms with E-state index in [9.17, 15) is 9.59 Å². The molecule has 1 aliphatic heterocycles. The molecular weight excluding hydrogens is 464 g/mol. The lowest BCUT2D eigenvalue weighted by molar-refractivity contribution is -0.126. The minimum Gasteiger partial charge on any atom is -0.382 e. The molecule has 0 spiro atoms. The minimum atomic E-state index is -0.176. The second-order valence-corrected chi connectivity index (χ2v) is 9.77. The lowest BCUT2D eigenvalue weighted by Crippen LogP contribution is -2.34. The molecular formula is C29H28N6O2. The average molecular weight is 493 g/mol. The summed E-state index contributed by atoms with van der Waals surface area (Å²) in [6.07, 6.45) is 7.86. The second kappa shape index (κ2) is 9.20. The van der Waals surface area contributed by atoms with Crippen LogP contribution in [-0.4, -0.2) is 43.7 Å². The highest BCUT2D eigenvalue weighted by Crippen LogP contribution is 2.46. The van der Waals surface area contributed by atoms with Gasteiger partial charge in [0.15, 0.2) is 0 Å². The van der Waals surface area contributed by atoms with Crippen molar-refractivity contribution in [3.63, 3.8) is 0 Å². The highest BCUT2D eigenvalue weighted by atomic mass is 16.2. The quantitative estimate of drug-likeness (QED) is 0.399. The van der Waals surface area contributed by atoms with Crippen LogP contribution in [0.3, 0.4) is 0 Å². The lowest BCUT2D eigenvalue weighted by atomic mass is 10.0. The number of carbonyl (C=O) groups is 2. The zero-order chi connectivity index (χ0) is 25.5. The van der Waals surface area contributed by atoms with E-state index in [1.807, 2.05) is 58.0 Å². The molecule has 2 aromatic heterocycles. The predicted octanol–water partition coefficient (Wildman–Crippen LogP) is 4.51. The van der Waals surface area contributed by atoms with Gasteiger partial charge in [-0.05, 0) is 55.5 Å². The summed E-state index contributed by atoms with van der Waals surface area (Å²) < 4.78 is 2.04. The summed E-state index contributed by atoms with van der Waals surface area (Å²) in [5.74, 6) is 1.84. The van der Waals surface area contributed by atoms with Crippen molar-refractivity contribution in [3.05, 3.63) is 91.0 Å². The number of benzene rings is 2. The van der Waals surface area contributed by atoms with Crippen molar-refractivity contribution in [1.29, 1.82) is 0 Å². The summed E-state index contributed by atoms with van der Waals surface area (Å²) in [7, 11) is 0. The summed E-state index contributed by atoms with van der Waals surface area (Å²) in [5, 5.41) is 2.91. The first-order valence-corrected chi connectivity index (χ1v) is 12.6. The number of likely N-dealkylation sites (tertiary alicyclic amines) is 1. The highest BCUT2D eigenvalue weighted by molar-refractivity contribution is 6.04. The first kappa shape index (κ1) is 23.0. The number of imidazole rings is 1. The maximum absolute atomic E-state index is 12.7. The molecule has 2 aliphatic rings. The number of nitrogens with two attached hydrogens (primary N) is 1. The molecule has 37 heavy (non-hydrogen) atoms. The van der Waals surface area contributed by atoms with Crippen molar-refractivity contribution in [2.45, 2.75) is 31.2 Å². The number of nitrogens with zero attached hydrogens (tertiary/aromatic N) is 4. The molecule has 2 amide bonds. The van der Waals surface area contributed by atoms with E-state index in [1.165, 1.54) is 6.08 Å². The van der Waals surface area contributed by atoms with Gasteiger partial charge < -0.3 is 16.0 Å². The van der Waals surface area contributed by atoms with Crippen LogP contribution in [0.1, 0.15) is 41.4 Å². The van der Waals surface area contributed by atoms with Crippen LogP contribution in [0.4, 0.5) is 11.5 Å². The van der Waals surface area contributed by atoms with Gasteiger partial charge >= 0.3 is 0 Å². The maximum Gasteiger partial charge on any atom is 0.255 e. The van der Waals surface area contributed by atoms with Crippen LogP contribution in [-0.2, 0) is 4.79 Å². The van der Waals surface area contributed by atoms with Crippen molar-refractivity contribution in [3.8, 4) is 11.3 Å². The van der Waals surface area contributed by atoms with Crippen molar-refractivity contribution in [2.24, 2.45) is 5.92 Å². The molecule has 3 heterocycles. The van der Waals surface area contributed by atoms with Gasteiger partial charge in [0, 0.05) is 47.7 Å². The third-order valence-electron chi connectivity index (χ3n) is 7.68. The number of carbonyl (C=O) groups excluding carboxylic acids is 2. The molecule has 4 aromatic rings. The zero-order valence-electron chi connectivity index (χ0n) is 20.4. The molecule has 0 radical (unpaired) electrons. The SMILES string of the molecule is C=CC(=O)N1CCC2CC(c3nc(-c4ccc(C(=O)Nc5ccccc5)cc4)c4c(N)nccn34)CC21. The molecule has 8 heteroatoms. The van der Waals surface area contributed by atoms with Crippen LogP contribution >= 0.6 is 0 Å². The molecule has 3 atom stereocenters. The van der Waals surface area contributed by atoms with Crippen molar-refractivity contribution < 1.29 is 9.59 Å². The van der Waals surface area contributed by atoms with Gasteiger partial charge in [0.05, 0.1) is 0 Å². The van der Waals surface area contributed by atoms with E-state index in [2.05, 4.69) is 16.9 Å². The standard InChI is InChI=1S/C29H28N6O2/c1-2-24(36)34-14-12-20-16-21(17-23(20)34)28-33-25(26-27(30)31-13-15-35(26)28)18-8-10-19(11-9-18)29(37)32-22-6-4-3-5-7-22/h2-11,13,15,20-21,23H,1,12,14,16-17H2,(H2,30,31)(H,32,37). The van der Waals surface area contributed by atoms with Crippen molar-refractivity contribution >= 4 is 28.8 Å². The van der Waals surface area contributed by atoms with Crippen molar-refractivity contribution in [2.75, 3.05) is 17.6 Å². The number of rotatable bonds is 5. The third-order valence-corrected chi connectivity index (χ3v) is 7.68. The Bertz CT molecular complexity index is 1490. The normalized spacial score (nSPS) is 20.6. The molecule has 3 unspecified atom stereocenters. The molecule has 6 rings (SSSR count). The molecule has 1 saturated carbocycles. The Morgan fingerprint density at radius 2 is 1.86 bits per heavy atom. The van der Waals surface area contributed by atoms with Gasteiger partial charge in [-0.3, -0.25) is 14.0 Å². The van der Waals surface area contributed by atoms with Crippen molar-refractivity contribution in [1.82, 2.24) is 19.3 Å². The molecule has 2 aromatic carbocycles. The predicted molar refractivity (Wildman–Crippen MR) is 143 cm³/mol. The number of nitrogen functional groups attached to an aromatic ring is 1. The topological polar surface area (TPSA) is 106 Å². The number of nitrogens with one attached hydrogen (secondary N) is 1. The highest BCUT2D eigenvalue weighted by Gasteiger charge is 2.45. The Kier molecular flexibility index (Phi) is 5.71. The van der Waals surface area contributed by atoms with Crippen LogP contribution in [0.2, 0.25) is 0 Å². The van der Waals surface area contributed by atoms with E-state index in [-0.39, 0.29) is 23.8 Å². The largest absolute Gasteiger partial charge is 0.382 e. The molecule has 3 N–H and O–H groups in total. The fourth-order valence-electron chi connectivity index (χ4n) is 5.95. The van der Waals surface area contributed by atoms with Crippen LogP contribution < -0.4 is 11.1 Å². The number of hydrogen-bond donors (Lipinski definition) is 2. The van der Waals surface area contributed by atoms with E-state index in [0.717, 1.165) is 54.1 Å². The number of para-hydroxylation sites is 1. The number of anilines is 2. The van der Waals surface area contributed by atoms with E-state index in [0.29, 0.717) is 17.3 Å². The summed E-state index contributed by atoms with van der Waals surface area (Å²) in [6, 6.07) is 17.0. The zero-order valence-corrected chi connectivity index (χ0v) is 20.4. The van der Waals surface area contributed by atoms with E-state index in [4.69, 9.17) is 10.7 Å². The number of hydrogen-bond acceptors (Lipinski definition) is 5. The average Bonchev–Trinajstić information content (AvgIpc) is 3.62. The lowest BCUT2D eigenvalue weighted by Gasteiger charge is -2.22. The Balaban J connectivity index is 1.31. The smallest absolute Gasteiger partial charge is 0.255 e. The third kappa shape index (κ3) is 4.04. The summed E-state index contributed by atoms with van der Waals surface area (Å²) in [5.41, 5.74) is 10.0. The molecule has 1 aliphatic carbocycles. The van der Waals surface area contributed by atoms with E-state index in [1.54, 1.807) is 18.3 Å². The Morgan fingerprint density at radius 1 is 1.08 bits per heavy atom. The number of fused-ring (bicyclic) bond motifs is 2. The number of amides is 2. The van der Waals surface area contributed by atoms with Crippen LogP contribution in [0.25, 0.3) is 16.8 Å². The summed E-state index contributed by atoms with van der Waals surface area (Å²) in [4.78, 5) is 36.4. The second-order valence-electron chi connectivity index (χ2n) is 9.77. The summed E-state index contributed by atoms with van der Waals surface area (Å²) >= 11 is 0. The van der Waals surface area contributed by atoms with Gasteiger partial charge in [0.1, 0.15) is 22.9 Å². The molecule has 1 saturated heterocycles. The number of aromatic nitrogens is 3. The van der Waals surface area contributed by atoms with Crippen LogP contribution in [0.5, 0.6) is 0 Å². The van der Waals surface area contributed by atoms with E-state index >= 15 is 0 Å². The van der Waals surface area contributed by atoms with Crippen LogP contribution in [0.15, 0.2) is 79.6 Å². The van der Waals surface area contributed by atoms with E-state index < -0.39 is 0 Å². The maximum atomic E-state index is 12.7. The molecule has 8 nitrogen and oxygen atoms in total. The van der Waals surface area contributed by atoms with Gasteiger partial charge in [-0.15, -0.1) is 0 Å². The fraction of sp³-hybridized carbons (Fsp3) is 0.241. The Hall–Kier alpha value is -4.46. The Morgan fingerprint density at radius 3 is 2.62 bits per heavy atom. The van der Waals surface area contributed by atoms with Gasteiger partial charge in [0.25, 0.3) is 5.91 Å². The first-order valence-electron chi connectivity index (χ1n) is 12.6. The van der Waals surface area contributed by atoms with Gasteiger partial charge in [-0.25, -0.2) is 9.97 Å². The summed E-state index contributed by atoms with van der Waals surface area (Å²) in [6.45, 7) is 4.46. The first-order chi connectivity index (χ1) is 18.0. The van der Waals surface area contributed by atoms with Gasteiger partial charge in [-0.2, -0.15) is 0 Å². The monoisotopic (exact) mass is 492 g/mol. The van der Waals surface area contributed by atoms with Crippen LogP contribution in [0, 0.1) is 5.92 Å². The molecule has 186 valence electrons. The van der Waals surface area contributed by atoms with Gasteiger partial charge in [0.2, 0.25) is 5.91 Å². The minimum absolute atomic E-state index is 0.00616. The van der Waals surface area contributed by atoms with Gasteiger partial charge in [-0.1, -0.05) is 36.9 Å². The molecule has 2 fully saturated rings. The fourth-order valence-corrected chi connectivity index (χ4v) is 5.95.